The predicted molar refractivity (Wildman–Crippen MR) is 93.9 cm³/mol. The van der Waals surface area contributed by atoms with Gasteiger partial charge in [0.15, 0.2) is 5.75 Å². The van der Waals surface area contributed by atoms with E-state index in [4.69, 9.17) is 10.5 Å². The Balaban J connectivity index is 2.15. The lowest BCUT2D eigenvalue weighted by atomic mass is 9.86. The fraction of sp³-hybridized carbons (Fsp3) is 0.100. The number of nitrogens with zero attached hydrogens (tertiary/aromatic N) is 2. The van der Waals surface area contributed by atoms with Crippen LogP contribution >= 0.6 is 0 Å². The van der Waals surface area contributed by atoms with Gasteiger partial charge in [-0.05, 0) is 18.2 Å². The number of ether oxygens (including phenoxy) is 1. The Bertz CT molecular complexity index is 1140. The monoisotopic (exact) mass is 347 g/mol. The van der Waals surface area contributed by atoms with Gasteiger partial charge in [0, 0.05) is 17.9 Å². The van der Waals surface area contributed by atoms with Gasteiger partial charge in [-0.1, -0.05) is 30.3 Å². The average Bonchev–Trinajstić information content (AvgIpc) is 2.95. The van der Waals surface area contributed by atoms with E-state index in [9.17, 15) is 14.4 Å². The maximum Gasteiger partial charge on any atom is 0.228 e. The normalized spacial score (nSPS) is 16.1. The number of nitrogens with two attached hydrogens (primary N) is 1. The molecule has 1 aliphatic rings. The molecule has 3 aromatic rings. The molecular formula is C20H14FN3O2. The van der Waals surface area contributed by atoms with Crippen molar-refractivity contribution in [2.24, 2.45) is 5.73 Å². The first-order valence-corrected chi connectivity index (χ1v) is 8.01. The number of carbonyl (C=O) groups is 1. The van der Waals surface area contributed by atoms with Gasteiger partial charge in [-0.15, -0.1) is 0 Å². The van der Waals surface area contributed by atoms with Crippen LogP contribution < -0.4 is 10.5 Å². The first-order valence-electron chi connectivity index (χ1n) is 8.01. The zero-order chi connectivity index (χ0) is 18.4. The van der Waals surface area contributed by atoms with E-state index in [0.29, 0.717) is 22.3 Å². The quantitative estimate of drug-likeness (QED) is 0.728. The van der Waals surface area contributed by atoms with Crippen LogP contribution in [0.3, 0.4) is 0 Å². The molecule has 1 atom stereocenters. The third-order valence-electron chi connectivity index (χ3n) is 4.55. The summed E-state index contributed by atoms with van der Waals surface area (Å²) in [5, 5.41) is 10.3. The highest BCUT2D eigenvalue weighted by atomic mass is 19.1. The molecule has 2 N–H and O–H groups in total. The van der Waals surface area contributed by atoms with E-state index in [1.165, 1.54) is 17.6 Å². The molecule has 0 unspecified atom stereocenters. The van der Waals surface area contributed by atoms with Crippen LogP contribution in [-0.2, 0) is 0 Å². The van der Waals surface area contributed by atoms with E-state index in [2.05, 4.69) is 0 Å². The summed E-state index contributed by atoms with van der Waals surface area (Å²) >= 11 is 0. The average molecular weight is 347 g/mol. The molecule has 1 aliphatic heterocycles. The largest absolute Gasteiger partial charge is 0.438 e. The van der Waals surface area contributed by atoms with Gasteiger partial charge in [0.25, 0.3) is 0 Å². The Morgan fingerprint density at radius 2 is 1.92 bits per heavy atom. The minimum Gasteiger partial charge on any atom is -0.438 e. The van der Waals surface area contributed by atoms with Crippen molar-refractivity contribution >= 4 is 16.8 Å². The summed E-state index contributed by atoms with van der Waals surface area (Å²) in [5.41, 5.74) is 7.35. The van der Waals surface area contributed by atoms with Crippen molar-refractivity contribution in [3.8, 4) is 11.8 Å². The SMILES string of the molecule is CC(=O)n1c2c(c3ccccc31)OC(N)=C(C#N)[C@@H]2c1ccccc1F. The van der Waals surface area contributed by atoms with E-state index in [0.717, 1.165) is 0 Å². The molecule has 0 amide bonds. The highest BCUT2D eigenvalue weighted by Crippen LogP contribution is 2.47. The molecule has 128 valence electrons. The molecule has 0 saturated heterocycles. The minimum absolute atomic E-state index is 0.0768. The van der Waals surface area contributed by atoms with Crippen LogP contribution in [0.15, 0.2) is 60.0 Å². The molecule has 1 aromatic heterocycles. The number of para-hydroxylation sites is 1. The number of allylic oxidation sites excluding steroid dienone is 1. The molecule has 0 radical (unpaired) electrons. The van der Waals surface area contributed by atoms with Crippen LogP contribution in [0.1, 0.15) is 28.9 Å². The third kappa shape index (κ3) is 2.11. The predicted octanol–water partition coefficient (Wildman–Crippen LogP) is 3.66. The van der Waals surface area contributed by atoms with Crippen LogP contribution in [0, 0.1) is 17.1 Å². The van der Waals surface area contributed by atoms with Gasteiger partial charge in [0.1, 0.15) is 17.5 Å². The molecule has 26 heavy (non-hydrogen) atoms. The molecule has 0 fully saturated rings. The van der Waals surface area contributed by atoms with E-state index in [1.54, 1.807) is 36.4 Å². The van der Waals surface area contributed by atoms with E-state index in [-0.39, 0.29) is 22.9 Å². The smallest absolute Gasteiger partial charge is 0.228 e. The maximum absolute atomic E-state index is 14.6. The van der Waals surface area contributed by atoms with Crippen molar-refractivity contribution in [3.05, 3.63) is 77.1 Å². The topological polar surface area (TPSA) is 81.0 Å². The Kier molecular flexibility index (Phi) is 3.51. The number of nitriles is 1. The molecule has 2 heterocycles. The number of halogens is 1. The van der Waals surface area contributed by atoms with Crippen LogP contribution in [0.25, 0.3) is 10.9 Å². The summed E-state index contributed by atoms with van der Waals surface area (Å²) in [6.07, 6.45) is 0. The van der Waals surface area contributed by atoms with Gasteiger partial charge in [-0.2, -0.15) is 5.26 Å². The van der Waals surface area contributed by atoms with Crippen molar-refractivity contribution in [1.29, 1.82) is 5.26 Å². The molecule has 6 heteroatoms. The number of benzene rings is 2. The molecule has 0 spiro atoms. The first kappa shape index (κ1) is 15.9. The highest BCUT2D eigenvalue weighted by molar-refractivity contribution is 5.98. The molecule has 0 bridgehead atoms. The van der Waals surface area contributed by atoms with Crippen LogP contribution in [-0.4, -0.2) is 10.5 Å². The molecular weight excluding hydrogens is 333 g/mol. The Labute approximate surface area is 148 Å². The van der Waals surface area contributed by atoms with Gasteiger partial charge in [0.05, 0.1) is 17.1 Å². The Morgan fingerprint density at radius 1 is 1.23 bits per heavy atom. The van der Waals surface area contributed by atoms with Crippen molar-refractivity contribution in [2.45, 2.75) is 12.8 Å². The zero-order valence-corrected chi connectivity index (χ0v) is 13.9. The van der Waals surface area contributed by atoms with Gasteiger partial charge in [0.2, 0.25) is 11.8 Å². The Hall–Kier alpha value is -3.59. The van der Waals surface area contributed by atoms with Crippen LogP contribution in [0.2, 0.25) is 0 Å². The van der Waals surface area contributed by atoms with Crippen LogP contribution in [0.4, 0.5) is 4.39 Å². The summed E-state index contributed by atoms with van der Waals surface area (Å²) in [7, 11) is 0. The summed E-state index contributed by atoms with van der Waals surface area (Å²) in [4.78, 5) is 12.4. The van der Waals surface area contributed by atoms with Crippen LogP contribution in [0.5, 0.6) is 5.75 Å². The molecule has 4 rings (SSSR count). The van der Waals surface area contributed by atoms with E-state index in [1.807, 2.05) is 12.1 Å². The number of hydrogen-bond acceptors (Lipinski definition) is 4. The maximum atomic E-state index is 14.6. The first-order chi connectivity index (χ1) is 12.5. The molecule has 2 aromatic carbocycles. The summed E-state index contributed by atoms with van der Waals surface area (Å²) in [6, 6.07) is 15.4. The van der Waals surface area contributed by atoms with Gasteiger partial charge < -0.3 is 10.5 Å². The second-order valence-electron chi connectivity index (χ2n) is 6.03. The van der Waals surface area contributed by atoms with Crippen molar-refractivity contribution < 1.29 is 13.9 Å². The number of aromatic nitrogens is 1. The fourth-order valence-corrected chi connectivity index (χ4v) is 3.51. The third-order valence-corrected chi connectivity index (χ3v) is 4.55. The van der Waals surface area contributed by atoms with E-state index >= 15 is 0 Å². The van der Waals surface area contributed by atoms with Gasteiger partial charge in [-0.3, -0.25) is 9.36 Å². The Morgan fingerprint density at radius 3 is 2.62 bits per heavy atom. The lowest BCUT2D eigenvalue weighted by molar-refractivity contribution is 0.0937. The second-order valence-corrected chi connectivity index (χ2v) is 6.03. The molecule has 5 nitrogen and oxygen atoms in total. The summed E-state index contributed by atoms with van der Waals surface area (Å²) in [5.74, 6) is -1.28. The fourth-order valence-electron chi connectivity index (χ4n) is 3.51. The summed E-state index contributed by atoms with van der Waals surface area (Å²) < 4.78 is 21.8. The number of rotatable bonds is 1. The number of hydrogen-bond donors (Lipinski definition) is 1. The van der Waals surface area contributed by atoms with Gasteiger partial charge >= 0.3 is 0 Å². The minimum atomic E-state index is -0.832. The van der Waals surface area contributed by atoms with Crippen molar-refractivity contribution in [1.82, 2.24) is 4.57 Å². The summed E-state index contributed by atoms with van der Waals surface area (Å²) in [6.45, 7) is 1.42. The lowest BCUT2D eigenvalue weighted by Crippen LogP contribution is -2.24. The van der Waals surface area contributed by atoms with Crippen molar-refractivity contribution in [3.63, 3.8) is 0 Å². The molecule has 0 aliphatic carbocycles. The standard InChI is InChI=1S/C20H14FN3O2/c1-11(25)24-16-9-5-3-7-13(16)19-18(24)17(14(10-22)20(23)26-19)12-6-2-4-8-15(12)21/h2-9,17H,23H2,1H3/t17-/m0/s1. The lowest BCUT2D eigenvalue weighted by Gasteiger charge is -2.26. The number of fused-ring (bicyclic) bond motifs is 3. The van der Waals surface area contributed by atoms with E-state index < -0.39 is 11.7 Å². The highest BCUT2D eigenvalue weighted by Gasteiger charge is 2.38. The number of carbonyl (C=O) groups excluding carboxylic acids is 1. The van der Waals surface area contributed by atoms with Gasteiger partial charge in [-0.25, -0.2) is 4.39 Å². The zero-order valence-electron chi connectivity index (χ0n) is 13.9. The van der Waals surface area contributed by atoms with Crippen molar-refractivity contribution in [2.75, 3.05) is 0 Å². The molecule has 0 saturated carbocycles. The second kappa shape index (κ2) is 5.74.